The first-order valence-electron chi connectivity index (χ1n) is 11.7. The van der Waals surface area contributed by atoms with Crippen LogP contribution in [0.1, 0.15) is 125 Å². The zero-order valence-corrected chi connectivity index (χ0v) is 19.2. The summed E-state index contributed by atoms with van der Waals surface area (Å²) in [5.74, 6) is -0.102. The molecule has 0 radical (unpaired) electrons. The number of aliphatic carboxylic acids is 1. The summed E-state index contributed by atoms with van der Waals surface area (Å²) >= 11 is 0. The van der Waals surface area contributed by atoms with Crippen LogP contribution in [0.5, 0.6) is 0 Å². The molecule has 0 rings (SSSR count). The molecule has 0 saturated heterocycles. The van der Waals surface area contributed by atoms with Gasteiger partial charge >= 0.3 is 11.9 Å². The van der Waals surface area contributed by atoms with E-state index < -0.39 is 5.97 Å². The molecule has 166 valence electrons. The fourth-order valence-corrected chi connectivity index (χ4v) is 4.05. The molecule has 0 spiro atoms. The van der Waals surface area contributed by atoms with Gasteiger partial charge in [0, 0.05) is 12.8 Å². The van der Waals surface area contributed by atoms with Gasteiger partial charge in [-0.05, 0) is 37.5 Å². The molecule has 0 bridgehead atoms. The van der Waals surface area contributed by atoms with Crippen molar-refractivity contribution in [3.63, 3.8) is 0 Å². The Morgan fingerprint density at radius 1 is 0.750 bits per heavy atom. The first kappa shape index (κ1) is 26.9. The number of carboxylic acids is 1. The van der Waals surface area contributed by atoms with Crippen LogP contribution in [0, 0.1) is 11.8 Å². The van der Waals surface area contributed by atoms with E-state index in [4.69, 9.17) is 9.84 Å². The van der Waals surface area contributed by atoms with E-state index in [1.807, 2.05) is 0 Å². The smallest absolute Gasteiger partial charge is 0.306 e. The quantitative estimate of drug-likeness (QED) is 0.197. The fraction of sp³-hybridized carbons (Fsp3) is 0.917. The van der Waals surface area contributed by atoms with Crippen molar-refractivity contribution in [3.05, 3.63) is 0 Å². The summed E-state index contributed by atoms with van der Waals surface area (Å²) in [7, 11) is 0. The molecular weight excluding hydrogens is 352 g/mol. The molecule has 4 heteroatoms. The molecule has 0 aliphatic rings. The van der Waals surface area contributed by atoms with Crippen molar-refractivity contribution >= 4 is 11.9 Å². The average molecular weight is 399 g/mol. The van der Waals surface area contributed by atoms with E-state index in [0.717, 1.165) is 57.8 Å². The minimum absolute atomic E-state index is 0.0423. The number of hydrogen-bond donors (Lipinski definition) is 1. The number of unbranched alkanes of at least 4 members (excludes halogenated alkanes) is 9. The lowest BCUT2D eigenvalue weighted by atomic mass is 9.76. The predicted molar refractivity (Wildman–Crippen MR) is 116 cm³/mol. The Labute approximate surface area is 173 Å². The van der Waals surface area contributed by atoms with E-state index in [1.54, 1.807) is 0 Å². The lowest BCUT2D eigenvalue weighted by Crippen LogP contribution is -2.45. The van der Waals surface area contributed by atoms with Gasteiger partial charge < -0.3 is 9.84 Å². The van der Waals surface area contributed by atoms with Gasteiger partial charge in [-0.3, -0.25) is 9.59 Å². The van der Waals surface area contributed by atoms with Gasteiger partial charge in [0.15, 0.2) is 0 Å². The summed E-state index contributed by atoms with van der Waals surface area (Å²) in [4.78, 5) is 23.0. The van der Waals surface area contributed by atoms with E-state index in [9.17, 15) is 9.59 Å². The Balaban J connectivity index is 4.18. The number of ether oxygens (including phenoxy) is 1. The molecule has 0 atom stereocenters. The van der Waals surface area contributed by atoms with Crippen LogP contribution in [-0.2, 0) is 14.3 Å². The number of hydrogen-bond acceptors (Lipinski definition) is 3. The topological polar surface area (TPSA) is 63.6 Å². The molecule has 0 aromatic heterocycles. The average Bonchev–Trinajstić information content (AvgIpc) is 2.62. The number of esters is 1. The highest BCUT2D eigenvalue weighted by atomic mass is 16.6. The molecule has 0 unspecified atom stereocenters. The Morgan fingerprint density at radius 3 is 1.68 bits per heavy atom. The van der Waals surface area contributed by atoms with Crippen LogP contribution in [-0.4, -0.2) is 22.6 Å². The largest absolute Gasteiger partial charge is 0.481 e. The van der Waals surface area contributed by atoms with Crippen molar-refractivity contribution in [2.45, 2.75) is 130 Å². The maximum absolute atomic E-state index is 12.5. The van der Waals surface area contributed by atoms with E-state index in [0.29, 0.717) is 18.3 Å². The second-order valence-corrected chi connectivity index (χ2v) is 8.92. The van der Waals surface area contributed by atoms with Gasteiger partial charge in [0.1, 0.15) is 5.60 Å². The molecule has 1 N–H and O–H groups in total. The number of carbonyl (C=O) groups is 2. The molecule has 0 amide bonds. The first-order chi connectivity index (χ1) is 13.3. The van der Waals surface area contributed by atoms with E-state index >= 15 is 0 Å². The second kappa shape index (κ2) is 15.8. The minimum Gasteiger partial charge on any atom is -0.481 e. The first-order valence-corrected chi connectivity index (χ1v) is 11.7. The van der Waals surface area contributed by atoms with Crippen LogP contribution in [0.4, 0.5) is 0 Å². The van der Waals surface area contributed by atoms with Gasteiger partial charge in [-0.25, -0.2) is 0 Å². The molecule has 0 aromatic carbocycles. The van der Waals surface area contributed by atoms with Crippen LogP contribution in [0.3, 0.4) is 0 Å². The van der Waals surface area contributed by atoms with Gasteiger partial charge in [0.2, 0.25) is 0 Å². The maximum Gasteiger partial charge on any atom is 0.306 e. The van der Waals surface area contributed by atoms with Crippen LogP contribution < -0.4 is 0 Å². The molecule has 4 nitrogen and oxygen atoms in total. The van der Waals surface area contributed by atoms with Gasteiger partial charge in [0.05, 0.1) is 0 Å². The SMILES string of the molecule is CCCCCCC(OC(=O)CCCCCCCCCC(=O)O)(C(C)C)C(C)C. The van der Waals surface area contributed by atoms with E-state index in [2.05, 4.69) is 34.6 Å². The predicted octanol–water partition coefficient (Wildman–Crippen LogP) is 7.15. The van der Waals surface area contributed by atoms with Gasteiger partial charge in [-0.15, -0.1) is 0 Å². The maximum atomic E-state index is 12.5. The normalized spacial score (nSPS) is 12.0. The van der Waals surface area contributed by atoms with Crippen molar-refractivity contribution in [1.82, 2.24) is 0 Å². The summed E-state index contributed by atoms with van der Waals surface area (Å²) in [6.45, 7) is 10.9. The molecule has 28 heavy (non-hydrogen) atoms. The summed E-state index contributed by atoms with van der Waals surface area (Å²) in [5, 5.41) is 8.62. The standard InChI is InChI=1S/C24H46O4/c1-6-7-8-16-19-24(20(2)3,21(4)5)28-23(27)18-15-13-11-9-10-12-14-17-22(25)26/h20-21H,6-19H2,1-5H3,(H,25,26). The number of rotatable bonds is 18. The molecule has 0 fully saturated rings. The Kier molecular flexibility index (Phi) is 15.2. The zero-order valence-electron chi connectivity index (χ0n) is 19.2. The third-order valence-electron chi connectivity index (χ3n) is 5.95. The Hall–Kier alpha value is -1.06. The van der Waals surface area contributed by atoms with Crippen molar-refractivity contribution in [1.29, 1.82) is 0 Å². The molecule has 0 aliphatic heterocycles. The molecule has 0 saturated carbocycles. The highest BCUT2D eigenvalue weighted by Crippen LogP contribution is 2.36. The molecule has 0 aliphatic carbocycles. The van der Waals surface area contributed by atoms with Crippen LogP contribution in [0.15, 0.2) is 0 Å². The molecule has 0 aromatic rings. The third kappa shape index (κ3) is 11.7. The van der Waals surface area contributed by atoms with E-state index in [-0.39, 0.29) is 18.0 Å². The lowest BCUT2D eigenvalue weighted by molar-refractivity contribution is -0.174. The van der Waals surface area contributed by atoms with Crippen LogP contribution >= 0.6 is 0 Å². The minimum atomic E-state index is -0.706. The number of carbonyl (C=O) groups excluding carboxylic acids is 1. The van der Waals surface area contributed by atoms with Gasteiger partial charge in [-0.2, -0.15) is 0 Å². The summed E-state index contributed by atoms with van der Waals surface area (Å²) in [6, 6.07) is 0. The fourth-order valence-electron chi connectivity index (χ4n) is 4.05. The van der Waals surface area contributed by atoms with Crippen LogP contribution in [0.2, 0.25) is 0 Å². The lowest BCUT2D eigenvalue weighted by Gasteiger charge is -2.41. The van der Waals surface area contributed by atoms with Crippen molar-refractivity contribution < 1.29 is 19.4 Å². The molecular formula is C24H46O4. The van der Waals surface area contributed by atoms with Gasteiger partial charge in [0.25, 0.3) is 0 Å². The second-order valence-electron chi connectivity index (χ2n) is 8.92. The Morgan fingerprint density at radius 2 is 1.21 bits per heavy atom. The van der Waals surface area contributed by atoms with Crippen molar-refractivity contribution in [2.75, 3.05) is 0 Å². The van der Waals surface area contributed by atoms with Crippen molar-refractivity contribution in [2.24, 2.45) is 11.8 Å². The number of carboxylic acid groups (broad SMARTS) is 1. The highest BCUT2D eigenvalue weighted by Gasteiger charge is 2.40. The molecule has 0 heterocycles. The highest BCUT2D eigenvalue weighted by molar-refractivity contribution is 5.70. The monoisotopic (exact) mass is 398 g/mol. The summed E-state index contributed by atoms with van der Waals surface area (Å²) in [6.07, 6.45) is 13.5. The Bertz CT molecular complexity index is 407. The van der Waals surface area contributed by atoms with Crippen molar-refractivity contribution in [3.8, 4) is 0 Å². The van der Waals surface area contributed by atoms with Gasteiger partial charge in [-0.1, -0.05) is 86.0 Å². The van der Waals surface area contributed by atoms with E-state index in [1.165, 1.54) is 19.3 Å². The summed E-state index contributed by atoms with van der Waals surface area (Å²) < 4.78 is 6.13. The zero-order chi connectivity index (χ0) is 21.4. The van der Waals surface area contributed by atoms with Crippen LogP contribution in [0.25, 0.3) is 0 Å². The summed E-state index contributed by atoms with van der Waals surface area (Å²) in [5.41, 5.74) is -0.338. The third-order valence-corrected chi connectivity index (χ3v) is 5.95.